The summed E-state index contributed by atoms with van der Waals surface area (Å²) < 4.78 is 0. The molecule has 0 fully saturated rings. The van der Waals surface area contributed by atoms with Crippen LogP contribution in [0.3, 0.4) is 0 Å². The normalized spacial score (nSPS) is 11.4. The van der Waals surface area contributed by atoms with Crippen LogP contribution in [0.15, 0.2) is 12.2 Å². The van der Waals surface area contributed by atoms with Gasteiger partial charge in [0.25, 0.3) is 0 Å². The van der Waals surface area contributed by atoms with E-state index in [1.54, 1.807) is 0 Å². The van der Waals surface area contributed by atoms with Crippen molar-refractivity contribution >= 4 is 0 Å². The topological polar surface area (TPSA) is 0 Å². The molecule has 0 aliphatic carbocycles. The summed E-state index contributed by atoms with van der Waals surface area (Å²) in [6.07, 6.45) is 20.9. The van der Waals surface area contributed by atoms with E-state index in [1.807, 2.05) is 0 Å². The van der Waals surface area contributed by atoms with Crippen LogP contribution in [0.4, 0.5) is 0 Å². The lowest BCUT2D eigenvalue weighted by molar-refractivity contribution is 0.566. The zero-order valence-corrected chi connectivity index (χ0v) is 11.3. The summed E-state index contributed by atoms with van der Waals surface area (Å²) in [6.45, 7) is 6.10. The third-order valence-electron chi connectivity index (χ3n) is 3.01. The van der Waals surface area contributed by atoms with Crippen molar-refractivity contribution in [3.63, 3.8) is 0 Å². The molecule has 0 bridgehead atoms. The van der Waals surface area contributed by atoms with Gasteiger partial charge in [-0.1, -0.05) is 77.4 Å². The smallest absolute Gasteiger partial charge is 0.0351 e. The van der Waals surface area contributed by atoms with Gasteiger partial charge in [0, 0.05) is 0 Å². The number of unbranched alkanes of at least 4 members (excludes halogenated alkanes) is 10. The van der Waals surface area contributed by atoms with E-state index < -0.39 is 0 Å². The van der Waals surface area contributed by atoms with Crippen molar-refractivity contribution < 1.29 is 0 Å². The van der Waals surface area contributed by atoms with E-state index >= 15 is 0 Å². The monoisotopic (exact) mass is 223 g/mol. The third-order valence-corrected chi connectivity index (χ3v) is 3.01. The van der Waals surface area contributed by atoms with Gasteiger partial charge < -0.3 is 0 Å². The molecule has 0 nitrogen and oxygen atoms in total. The molecule has 0 amide bonds. The molecule has 16 heavy (non-hydrogen) atoms. The minimum atomic E-state index is 1.04. The Balaban J connectivity index is 2.93. The summed E-state index contributed by atoms with van der Waals surface area (Å²) in [7, 11) is 0. The lowest BCUT2D eigenvalue weighted by Gasteiger charge is -2.00. The fourth-order valence-electron chi connectivity index (χ4n) is 1.93. The van der Waals surface area contributed by atoms with Crippen LogP contribution >= 0.6 is 0 Å². The van der Waals surface area contributed by atoms with Crippen molar-refractivity contribution in [3.8, 4) is 0 Å². The second-order valence-electron chi connectivity index (χ2n) is 4.73. The first-order valence-corrected chi connectivity index (χ1v) is 7.36. The van der Waals surface area contributed by atoms with E-state index in [0.29, 0.717) is 0 Å². The summed E-state index contributed by atoms with van der Waals surface area (Å²) in [5.74, 6) is 0. The Labute approximate surface area is 104 Å². The van der Waals surface area contributed by atoms with Crippen LogP contribution in [0.2, 0.25) is 0 Å². The Bertz CT molecular complexity index is 135. The summed E-state index contributed by atoms with van der Waals surface area (Å²) >= 11 is 0. The first kappa shape index (κ1) is 15.7. The molecular weight excluding hydrogens is 192 g/mol. The van der Waals surface area contributed by atoms with Crippen LogP contribution in [-0.2, 0) is 0 Å². The van der Waals surface area contributed by atoms with Crippen molar-refractivity contribution in [1.82, 2.24) is 0 Å². The van der Waals surface area contributed by atoms with E-state index in [2.05, 4.69) is 26.0 Å². The maximum atomic E-state index is 3.82. The Hall–Kier alpha value is -0.260. The molecule has 0 unspecified atom stereocenters. The molecule has 0 atom stereocenters. The summed E-state index contributed by atoms with van der Waals surface area (Å²) in [4.78, 5) is 0. The molecule has 0 saturated carbocycles. The van der Waals surface area contributed by atoms with Gasteiger partial charge >= 0.3 is 0 Å². The summed E-state index contributed by atoms with van der Waals surface area (Å²) in [5.41, 5.74) is 0. The third kappa shape index (κ3) is 13.7. The molecule has 0 N–H and O–H groups in total. The molecule has 0 saturated heterocycles. The molecule has 95 valence electrons. The maximum Gasteiger partial charge on any atom is -0.0351 e. The van der Waals surface area contributed by atoms with Crippen LogP contribution in [-0.4, -0.2) is 0 Å². The zero-order valence-electron chi connectivity index (χ0n) is 11.3. The van der Waals surface area contributed by atoms with Crippen LogP contribution in [0.1, 0.15) is 84.0 Å². The SMILES string of the molecule is [CH2]CC/C=C\CCCCCCCCCCC. The molecular formula is C16H31. The highest BCUT2D eigenvalue weighted by Crippen LogP contribution is 2.10. The highest BCUT2D eigenvalue weighted by atomic mass is 14.0. The van der Waals surface area contributed by atoms with Gasteiger partial charge in [-0.2, -0.15) is 0 Å². The van der Waals surface area contributed by atoms with Crippen molar-refractivity contribution in [2.24, 2.45) is 0 Å². The molecule has 0 aromatic heterocycles. The Morgan fingerprint density at radius 1 is 0.688 bits per heavy atom. The van der Waals surface area contributed by atoms with Gasteiger partial charge in [-0.05, 0) is 25.7 Å². The predicted molar refractivity (Wildman–Crippen MR) is 75.6 cm³/mol. The van der Waals surface area contributed by atoms with Crippen LogP contribution in [0.5, 0.6) is 0 Å². The minimum Gasteiger partial charge on any atom is -0.0885 e. The van der Waals surface area contributed by atoms with E-state index in [9.17, 15) is 0 Å². The van der Waals surface area contributed by atoms with Crippen molar-refractivity contribution in [3.05, 3.63) is 19.1 Å². The number of allylic oxidation sites excluding steroid dienone is 2. The molecule has 0 aliphatic heterocycles. The molecule has 0 aromatic rings. The first-order valence-electron chi connectivity index (χ1n) is 7.36. The molecule has 0 aliphatic rings. The van der Waals surface area contributed by atoms with Crippen LogP contribution in [0.25, 0.3) is 0 Å². The summed E-state index contributed by atoms with van der Waals surface area (Å²) in [6, 6.07) is 0. The average Bonchev–Trinajstić information content (AvgIpc) is 2.31. The lowest BCUT2D eigenvalue weighted by atomic mass is 10.1. The van der Waals surface area contributed by atoms with Gasteiger partial charge in [-0.3, -0.25) is 0 Å². The van der Waals surface area contributed by atoms with Gasteiger partial charge in [-0.15, -0.1) is 0 Å². The van der Waals surface area contributed by atoms with Gasteiger partial charge in [-0.25, -0.2) is 0 Å². The van der Waals surface area contributed by atoms with Crippen molar-refractivity contribution in [2.45, 2.75) is 84.0 Å². The van der Waals surface area contributed by atoms with Crippen LogP contribution < -0.4 is 0 Å². The average molecular weight is 223 g/mol. The van der Waals surface area contributed by atoms with E-state index in [0.717, 1.165) is 12.8 Å². The van der Waals surface area contributed by atoms with Gasteiger partial charge in [0.1, 0.15) is 0 Å². The van der Waals surface area contributed by atoms with E-state index in [-0.39, 0.29) is 0 Å². The predicted octanol–water partition coefficient (Wildman–Crippen LogP) is 6.08. The van der Waals surface area contributed by atoms with E-state index in [4.69, 9.17) is 0 Å². The Morgan fingerprint density at radius 2 is 1.19 bits per heavy atom. The minimum absolute atomic E-state index is 1.04. The molecule has 0 heterocycles. The Kier molecular flexibility index (Phi) is 14.5. The van der Waals surface area contributed by atoms with E-state index in [1.165, 1.54) is 64.2 Å². The summed E-state index contributed by atoms with van der Waals surface area (Å²) in [5, 5.41) is 0. The molecule has 1 radical (unpaired) electrons. The highest BCUT2D eigenvalue weighted by Gasteiger charge is 1.90. The van der Waals surface area contributed by atoms with Crippen LogP contribution in [0, 0.1) is 6.92 Å². The number of hydrogen-bond donors (Lipinski definition) is 0. The first-order chi connectivity index (χ1) is 7.91. The molecule has 0 heteroatoms. The number of hydrogen-bond acceptors (Lipinski definition) is 0. The maximum absolute atomic E-state index is 3.82. The van der Waals surface area contributed by atoms with Crippen molar-refractivity contribution in [1.29, 1.82) is 0 Å². The standard InChI is InChI=1S/C16H31/c1-3-5-7-9-11-13-15-16-14-12-10-8-6-4-2/h7,9H,1,3-6,8,10-16H2,2H3/b9-7-. The second-order valence-corrected chi connectivity index (χ2v) is 4.73. The lowest BCUT2D eigenvalue weighted by Crippen LogP contribution is -1.80. The fourth-order valence-corrected chi connectivity index (χ4v) is 1.93. The Morgan fingerprint density at radius 3 is 1.75 bits per heavy atom. The zero-order chi connectivity index (χ0) is 11.9. The number of rotatable bonds is 12. The van der Waals surface area contributed by atoms with Gasteiger partial charge in [0.2, 0.25) is 0 Å². The largest absolute Gasteiger partial charge is 0.0885 e. The highest BCUT2D eigenvalue weighted by molar-refractivity contribution is 4.81. The molecule has 0 spiro atoms. The molecule has 0 aromatic carbocycles. The van der Waals surface area contributed by atoms with Crippen molar-refractivity contribution in [2.75, 3.05) is 0 Å². The second kappa shape index (κ2) is 14.7. The quantitative estimate of drug-likeness (QED) is 0.278. The fraction of sp³-hybridized carbons (Fsp3) is 0.812. The van der Waals surface area contributed by atoms with Gasteiger partial charge in [0.05, 0.1) is 0 Å². The molecule has 0 rings (SSSR count). The van der Waals surface area contributed by atoms with Gasteiger partial charge in [0.15, 0.2) is 0 Å².